The Morgan fingerprint density at radius 2 is 2.10 bits per heavy atom. The molecule has 0 radical (unpaired) electrons. The van der Waals surface area contributed by atoms with Crippen LogP contribution in [0, 0.1) is 0 Å². The number of hydrogen-bond acceptors (Lipinski definition) is 2. The third-order valence-corrected chi connectivity index (χ3v) is 3.99. The normalized spacial score (nSPS) is 16.3. The highest BCUT2D eigenvalue weighted by molar-refractivity contribution is 5.93. The van der Waals surface area contributed by atoms with Crippen molar-refractivity contribution in [2.24, 2.45) is 0 Å². The Morgan fingerprint density at radius 1 is 1.35 bits per heavy atom. The van der Waals surface area contributed by atoms with Crippen LogP contribution in [0.25, 0.3) is 0 Å². The third kappa shape index (κ3) is 3.42. The molecule has 2 heterocycles. The van der Waals surface area contributed by atoms with Crippen molar-refractivity contribution < 1.29 is 4.79 Å². The first kappa shape index (κ1) is 15.1. The predicted molar refractivity (Wildman–Crippen MR) is 81.9 cm³/mol. The number of carbonyl (C=O) groups is 1. The quantitative estimate of drug-likeness (QED) is 0.867. The number of nitrogens with one attached hydrogen (secondary N) is 1. The first-order chi connectivity index (χ1) is 9.77. The zero-order chi connectivity index (χ0) is 14.4. The zero-order valence-electron chi connectivity index (χ0n) is 12.8. The minimum Gasteiger partial charge on any atom is -0.344 e. The first-order valence-electron chi connectivity index (χ1n) is 7.94. The van der Waals surface area contributed by atoms with Gasteiger partial charge in [0.2, 0.25) is 0 Å². The summed E-state index contributed by atoms with van der Waals surface area (Å²) >= 11 is 0. The molecule has 0 aromatic carbocycles. The number of piperidine rings is 1. The molecule has 4 heteroatoms. The van der Waals surface area contributed by atoms with E-state index in [9.17, 15) is 4.79 Å². The molecule has 1 aliphatic rings. The second-order valence-corrected chi connectivity index (χ2v) is 5.57. The van der Waals surface area contributed by atoms with Crippen LogP contribution >= 0.6 is 0 Å². The van der Waals surface area contributed by atoms with Gasteiger partial charge in [0.25, 0.3) is 5.91 Å². The van der Waals surface area contributed by atoms with Crippen LogP contribution in [0.2, 0.25) is 0 Å². The maximum atomic E-state index is 12.9. The van der Waals surface area contributed by atoms with Crippen LogP contribution in [0.15, 0.2) is 18.3 Å². The van der Waals surface area contributed by atoms with Crippen LogP contribution in [0.4, 0.5) is 0 Å². The number of rotatable bonds is 6. The van der Waals surface area contributed by atoms with E-state index in [0.29, 0.717) is 6.04 Å². The van der Waals surface area contributed by atoms with E-state index in [-0.39, 0.29) is 5.91 Å². The van der Waals surface area contributed by atoms with Gasteiger partial charge in [-0.05, 0) is 50.9 Å². The van der Waals surface area contributed by atoms with Crippen molar-refractivity contribution in [1.82, 2.24) is 14.8 Å². The number of aromatic nitrogens is 1. The summed E-state index contributed by atoms with van der Waals surface area (Å²) < 4.78 is 2.09. The molecule has 112 valence electrons. The molecule has 20 heavy (non-hydrogen) atoms. The van der Waals surface area contributed by atoms with Crippen LogP contribution in [-0.4, -0.2) is 41.1 Å². The molecule has 1 N–H and O–H groups in total. The van der Waals surface area contributed by atoms with Gasteiger partial charge in [-0.3, -0.25) is 4.79 Å². The molecule has 0 spiro atoms. The van der Waals surface area contributed by atoms with Crippen molar-refractivity contribution in [1.29, 1.82) is 0 Å². The fraction of sp³-hybridized carbons (Fsp3) is 0.688. The van der Waals surface area contributed by atoms with Crippen LogP contribution < -0.4 is 5.32 Å². The third-order valence-electron chi connectivity index (χ3n) is 3.99. The molecule has 0 saturated carbocycles. The molecule has 1 aromatic heterocycles. The fourth-order valence-electron chi connectivity index (χ4n) is 3.00. The molecular formula is C16H27N3O. The SMILES string of the molecule is CCCN(C(=O)c1cccn1CCC)C1CCNCC1. The minimum absolute atomic E-state index is 0.206. The molecule has 1 fully saturated rings. The van der Waals surface area contributed by atoms with Gasteiger partial charge in [0.15, 0.2) is 0 Å². The molecule has 0 bridgehead atoms. The monoisotopic (exact) mass is 277 g/mol. The molecule has 1 saturated heterocycles. The Labute approximate surface area is 122 Å². The van der Waals surface area contributed by atoms with E-state index in [4.69, 9.17) is 0 Å². The molecule has 1 aliphatic heterocycles. The van der Waals surface area contributed by atoms with Gasteiger partial charge >= 0.3 is 0 Å². The molecule has 4 nitrogen and oxygen atoms in total. The summed E-state index contributed by atoms with van der Waals surface area (Å²) in [4.78, 5) is 15.0. The van der Waals surface area contributed by atoms with Gasteiger partial charge in [0, 0.05) is 25.3 Å². The van der Waals surface area contributed by atoms with Gasteiger partial charge in [-0.1, -0.05) is 13.8 Å². The number of hydrogen-bond donors (Lipinski definition) is 1. The number of carbonyl (C=O) groups excluding carboxylic acids is 1. The van der Waals surface area contributed by atoms with E-state index < -0.39 is 0 Å². The van der Waals surface area contributed by atoms with Crippen LogP contribution in [0.1, 0.15) is 50.0 Å². The zero-order valence-corrected chi connectivity index (χ0v) is 12.8. The maximum Gasteiger partial charge on any atom is 0.270 e. The smallest absolute Gasteiger partial charge is 0.270 e. The van der Waals surface area contributed by atoms with E-state index in [0.717, 1.165) is 57.6 Å². The summed E-state index contributed by atoms with van der Waals surface area (Å²) in [6, 6.07) is 4.34. The summed E-state index contributed by atoms with van der Waals surface area (Å²) in [5, 5.41) is 3.37. The summed E-state index contributed by atoms with van der Waals surface area (Å²) in [6.45, 7) is 8.11. The lowest BCUT2D eigenvalue weighted by molar-refractivity contribution is 0.0631. The second kappa shape index (κ2) is 7.48. The topological polar surface area (TPSA) is 37.3 Å². The molecule has 0 aliphatic carbocycles. The van der Waals surface area contributed by atoms with Crippen molar-refractivity contribution in [3.8, 4) is 0 Å². The van der Waals surface area contributed by atoms with E-state index in [1.54, 1.807) is 0 Å². The largest absolute Gasteiger partial charge is 0.344 e. The lowest BCUT2D eigenvalue weighted by atomic mass is 10.0. The average Bonchev–Trinajstić information content (AvgIpc) is 2.94. The predicted octanol–water partition coefficient (Wildman–Crippen LogP) is 2.50. The van der Waals surface area contributed by atoms with Crippen LogP contribution in [0.3, 0.4) is 0 Å². The van der Waals surface area contributed by atoms with Crippen molar-refractivity contribution in [3.63, 3.8) is 0 Å². The number of aryl methyl sites for hydroxylation is 1. The Bertz CT molecular complexity index is 421. The van der Waals surface area contributed by atoms with Crippen molar-refractivity contribution in [3.05, 3.63) is 24.0 Å². The van der Waals surface area contributed by atoms with Crippen molar-refractivity contribution in [2.75, 3.05) is 19.6 Å². The first-order valence-corrected chi connectivity index (χ1v) is 7.94. The molecule has 0 atom stereocenters. The Morgan fingerprint density at radius 3 is 2.75 bits per heavy atom. The highest BCUT2D eigenvalue weighted by atomic mass is 16.2. The van der Waals surface area contributed by atoms with Gasteiger partial charge in [-0.25, -0.2) is 0 Å². The van der Waals surface area contributed by atoms with Crippen molar-refractivity contribution in [2.45, 2.75) is 52.1 Å². The number of amides is 1. The second-order valence-electron chi connectivity index (χ2n) is 5.57. The summed E-state index contributed by atoms with van der Waals surface area (Å²) in [6.07, 6.45) is 6.23. The van der Waals surface area contributed by atoms with E-state index in [1.165, 1.54) is 0 Å². The maximum absolute atomic E-state index is 12.9. The fourth-order valence-corrected chi connectivity index (χ4v) is 3.00. The molecule has 0 unspecified atom stereocenters. The Hall–Kier alpha value is -1.29. The van der Waals surface area contributed by atoms with Gasteiger partial charge in [-0.2, -0.15) is 0 Å². The van der Waals surface area contributed by atoms with Crippen molar-refractivity contribution >= 4 is 5.91 Å². The minimum atomic E-state index is 0.206. The Balaban J connectivity index is 2.14. The average molecular weight is 277 g/mol. The summed E-state index contributed by atoms with van der Waals surface area (Å²) in [5.41, 5.74) is 0.846. The molecule has 2 rings (SSSR count). The van der Waals surface area contributed by atoms with Crippen LogP contribution in [-0.2, 0) is 6.54 Å². The summed E-state index contributed by atoms with van der Waals surface area (Å²) in [5.74, 6) is 0.206. The van der Waals surface area contributed by atoms with Gasteiger partial charge in [0.05, 0.1) is 0 Å². The van der Waals surface area contributed by atoms with E-state index in [1.807, 2.05) is 18.3 Å². The lowest BCUT2D eigenvalue weighted by Gasteiger charge is -2.34. The van der Waals surface area contributed by atoms with Gasteiger partial charge < -0.3 is 14.8 Å². The van der Waals surface area contributed by atoms with E-state index >= 15 is 0 Å². The molecule has 1 amide bonds. The van der Waals surface area contributed by atoms with Gasteiger partial charge in [-0.15, -0.1) is 0 Å². The van der Waals surface area contributed by atoms with E-state index in [2.05, 4.69) is 28.6 Å². The lowest BCUT2D eigenvalue weighted by Crippen LogP contribution is -2.47. The summed E-state index contributed by atoms with van der Waals surface area (Å²) in [7, 11) is 0. The standard InChI is InChI=1S/C16H27N3O/c1-3-11-18-13-5-6-15(18)16(20)19(12-4-2)14-7-9-17-10-8-14/h5-6,13-14,17H,3-4,7-12H2,1-2H3. The van der Waals surface area contributed by atoms with Crippen LogP contribution in [0.5, 0.6) is 0 Å². The van der Waals surface area contributed by atoms with Gasteiger partial charge in [0.1, 0.15) is 5.69 Å². The molecule has 1 aromatic rings. The molecular weight excluding hydrogens is 250 g/mol. The highest BCUT2D eigenvalue weighted by Gasteiger charge is 2.26. The number of nitrogens with zero attached hydrogens (tertiary/aromatic N) is 2. The highest BCUT2D eigenvalue weighted by Crippen LogP contribution is 2.17. The Kier molecular flexibility index (Phi) is 5.65.